The smallest absolute Gasteiger partial charge is 0.272 e. The van der Waals surface area contributed by atoms with Crippen LogP contribution in [0.3, 0.4) is 0 Å². The molecular formula is C10H9FN2O3S. The van der Waals surface area contributed by atoms with Crippen LogP contribution >= 0.6 is 0 Å². The summed E-state index contributed by atoms with van der Waals surface area (Å²) in [5.41, 5.74) is 0. The fourth-order valence-electron chi connectivity index (χ4n) is 1.35. The molecule has 0 N–H and O–H groups in total. The Morgan fingerprint density at radius 2 is 2.18 bits per heavy atom. The van der Waals surface area contributed by atoms with E-state index in [2.05, 4.69) is 4.98 Å². The predicted octanol–water partition coefficient (Wildman–Crippen LogP) is 1.27. The Morgan fingerprint density at radius 1 is 1.41 bits per heavy atom. The Balaban J connectivity index is 2.65. The number of hydrogen-bond donors (Lipinski definition) is 0. The van der Waals surface area contributed by atoms with E-state index in [4.69, 9.17) is 4.74 Å². The van der Waals surface area contributed by atoms with E-state index in [-0.39, 0.29) is 10.6 Å². The Hall–Kier alpha value is -1.89. The summed E-state index contributed by atoms with van der Waals surface area (Å²) in [7, 11) is -2.55. The van der Waals surface area contributed by atoms with Crippen molar-refractivity contribution in [1.29, 1.82) is 0 Å². The fourth-order valence-corrected chi connectivity index (χ4v) is 2.64. The second kappa shape index (κ2) is 4.17. The lowest BCUT2D eigenvalue weighted by atomic mass is 10.3. The first kappa shape index (κ1) is 11.6. The predicted molar refractivity (Wildman–Crippen MR) is 57.8 cm³/mol. The molecule has 17 heavy (non-hydrogen) atoms. The molecule has 1 heterocycles. The molecule has 0 amide bonds. The minimum atomic E-state index is -3.87. The topological polar surface area (TPSA) is 61.2 Å². The van der Waals surface area contributed by atoms with E-state index in [1.54, 1.807) is 0 Å². The summed E-state index contributed by atoms with van der Waals surface area (Å²) in [6, 6.07) is 3.30. The maximum absolute atomic E-state index is 13.1. The van der Waals surface area contributed by atoms with Crippen molar-refractivity contribution in [2.24, 2.45) is 0 Å². The van der Waals surface area contributed by atoms with Crippen LogP contribution in [0.25, 0.3) is 0 Å². The number of rotatable bonds is 3. The summed E-state index contributed by atoms with van der Waals surface area (Å²) in [5.74, 6) is -0.565. The molecule has 0 aliphatic carbocycles. The third kappa shape index (κ3) is 2.01. The van der Waals surface area contributed by atoms with Crippen molar-refractivity contribution in [2.75, 3.05) is 7.11 Å². The molecule has 1 aromatic heterocycles. The van der Waals surface area contributed by atoms with Gasteiger partial charge in [-0.05, 0) is 18.2 Å². The van der Waals surface area contributed by atoms with Gasteiger partial charge in [0.2, 0.25) is 0 Å². The molecule has 0 spiro atoms. The highest BCUT2D eigenvalue weighted by Crippen LogP contribution is 2.26. The van der Waals surface area contributed by atoms with Crippen molar-refractivity contribution in [2.45, 2.75) is 4.90 Å². The quantitative estimate of drug-likeness (QED) is 0.829. The van der Waals surface area contributed by atoms with Gasteiger partial charge in [0.15, 0.2) is 0 Å². The number of halogens is 1. The van der Waals surface area contributed by atoms with Gasteiger partial charge in [-0.2, -0.15) is 0 Å². The van der Waals surface area contributed by atoms with Crippen LogP contribution in [0.5, 0.6) is 5.75 Å². The number of ether oxygens (including phenoxy) is 1. The molecule has 0 atom stereocenters. The number of methoxy groups -OCH3 is 1. The molecule has 1 aromatic carbocycles. The van der Waals surface area contributed by atoms with E-state index in [1.807, 2.05) is 0 Å². The van der Waals surface area contributed by atoms with Crippen LogP contribution in [0.15, 0.2) is 41.8 Å². The van der Waals surface area contributed by atoms with Gasteiger partial charge in [-0.3, -0.25) is 0 Å². The zero-order chi connectivity index (χ0) is 12.5. The van der Waals surface area contributed by atoms with Crippen LogP contribution in [0.2, 0.25) is 0 Å². The van der Waals surface area contributed by atoms with E-state index in [9.17, 15) is 12.8 Å². The van der Waals surface area contributed by atoms with E-state index in [1.165, 1.54) is 25.6 Å². The Labute approximate surface area is 97.5 Å². The molecule has 0 aliphatic heterocycles. The number of benzene rings is 1. The summed E-state index contributed by atoms with van der Waals surface area (Å²) in [6.45, 7) is 0. The normalized spacial score (nSPS) is 11.4. The highest BCUT2D eigenvalue weighted by molar-refractivity contribution is 7.90. The van der Waals surface area contributed by atoms with Gasteiger partial charge in [-0.1, -0.05) is 0 Å². The van der Waals surface area contributed by atoms with Gasteiger partial charge < -0.3 is 4.74 Å². The third-order valence-electron chi connectivity index (χ3n) is 2.16. The first-order chi connectivity index (χ1) is 8.05. The zero-order valence-corrected chi connectivity index (χ0v) is 9.69. The lowest BCUT2D eigenvalue weighted by Gasteiger charge is -2.09. The molecule has 2 rings (SSSR count). The molecule has 5 nitrogen and oxygen atoms in total. The van der Waals surface area contributed by atoms with Crippen molar-refractivity contribution in [3.8, 4) is 5.75 Å². The van der Waals surface area contributed by atoms with Crippen molar-refractivity contribution >= 4 is 10.0 Å². The van der Waals surface area contributed by atoms with E-state index < -0.39 is 15.8 Å². The fraction of sp³-hybridized carbons (Fsp3) is 0.100. The maximum Gasteiger partial charge on any atom is 0.272 e. The van der Waals surface area contributed by atoms with Crippen LogP contribution in [-0.4, -0.2) is 24.5 Å². The Kier molecular flexibility index (Phi) is 2.84. The van der Waals surface area contributed by atoms with E-state index >= 15 is 0 Å². The molecule has 90 valence electrons. The van der Waals surface area contributed by atoms with Gasteiger partial charge in [0.25, 0.3) is 10.0 Å². The molecule has 0 saturated carbocycles. The molecular weight excluding hydrogens is 247 g/mol. The molecule has 0 saturated heterocycles. The second-order valence-electron chi connectivity index (χ2n) is 3.19. The highest BCUT2D eigenvalue weighted by atomic mass is 32.2. The molecule has 0 radical (unpaired) electrons. The van der Waals surface area contributed by atoms with E-state index in [0.717, 1.165) is 22.4 Å². The maximum atomic E-state index is 13.1. The first-order valence-corrected chi connectivity index (χ1v) is 6.07. The van der Waals surface area contributed by atoms with Crippen LogP contribution in [-0.2, 0) is 10.0 Å². The van der Waals surface area contributed by atoms with Crippen molar-refractivity contribution in [1.82, 2.24) is 8.96 Å². The van der Waals surface area contributed by atoms with Crippen LogP contribution in [0.4, 0.5) is 4.39 Å². The summed E-state index contributed by atoms with van der Waals surface area (Å²) < 4.78 is 43.1. The van der Waals surface area contributed by atoms with Gasteiger partial charge in [-0.15, -0.1) is 0 Å². The molecule has 0 unspecified atom stereocenters. The third-order valence-corrected chi connectivity index (χ3v) is 3.81. The SMILES string of the molecule is COc1ccc(F)cc1S(=O)(=O)n1ccnc1. The van der Waals surface area contributed by atoms with Gasteiger partial charge in [0.05, 0.1) is 7.11 Å². The number of imidazole rings is 1. The lowest BCUT2D eigenvalue weighted by Crippen LogP contribution is -2.12. The van der Waals surface area contributed by atoms with Gasteiger partial charge in [0, 0.05) is 12.4 Å². The minimum absolute atomic E-state index is 0.0834. The summed E-state index contributed by atoms with van der Waals surface area (Å²) in [6.07, 6.45) is 3.71. The molecule has 7 heteroatoms. The lowest BCUT2D eigenvalue weighted by molar-refractivity contribution is 0.400. The Morgan fingerprint density at radius 3 is 2.76 bits per heavy atom. The number of hydrogen-bond acceptors (Lipinski definition) is 4. The largest absolute Gasteiger partial charge is 0.495 e. The summed E-state index contributed by atoms with van der Waals surface area (Å²) in [4.78, 5) is 3.40. The van der Waals surface area contributed by atoms with Crippen molar-refractivity contribution in [3.05, 3.63) is 42.7 Å². The van der Waals surface area contributed by atoms with Crippen LogP contribution in [0, 0.1) is 5.82 Å². The highest BCUT2D eigenvalue weighted by Gasteiger charge is 2.21. The minimum Gasteiger partial charge on any atom is -0.495 e. The molecule has 0 fully saturated rings. The van der Waals surface area contributed by atoms with Crippen molar-refractivity contribution in [3.63, 3.8) is 0 Å². The van der Waals surface area contributed by atoms with Crippen LogP contribution < -0.4 is 4.74 Å². The van der Waals surface area contributed by atoms with Gasteiger partial charge in [-0.25, -0.2) is 21.8 Å². The molecule has 2 aromatic rings. The zero-order valence-electron chi connectivity index (χ0n) is 8.87. The summed E-state index contributed by atoms with van der Waals surface area (Å²) >= 11 is 0. The Bertz CT molecular complexity index is 623. The molecule has 0 bridgehead atoms. The standard InChI is InChI=1S/C10H9FN2O3S/c1-16-9-3-2-8(11)6-10(9)17(14,15)13-5-4-12-7-13/h2-7H,1H3. The number of aromatic nitrogens is 2. The van der Waals surface area contributed by atoms with Crippen LogP contribution in [0.1, 0.15) is 0 Å². The van der Waals surface area contributed by atoms with Crippen molar-refractivity contribution < 1.29 is 17.5 Å². The average molecular weight is 256 g/mol. The number of nitrogens with zero attached hydrogens (tertiary/aromatic N) is 2. The van der Waals surface area contributed by atoms with E-state index in [0.29, 0.717) is 0 Å². The van der Waals surface area contributed by atoms with Gasteiger partial charge in [0.1, 0.15) is 22.8 Å². The molecule has 0 aliphatic rings. The second-order valence-corrected chi connectivity index (χ2v) is 5.00. The van der Waals surface area contributed by atoms with Gasteiger partial charge >= 0.3 is 0 Å². The first-order valence-electron chi connectivity index (χ1n) is 4.63. The average Bonchev–Trinajstić information content (AvgIpc) is 2.83. The summed E-state index contributed by atoms with van der Waals surface area (Å²) in [5, 5.41) is 0. The monoisotopic (exact) mass is 256 g/mol.